The van der Waals surface area contributed by atoms with Crippen molar-refractivity contribution >= 4 is 28.7 Å². The molecule has 0 amide bonds. The normalized spacial score (nSPS) is 12.6. The van der Waals surface area contributed by atoms with Crippen LogP contribution in [0.1, 0.15) is 6.92 Å². The number of nitrogens with one attached hydrogen (secondary N) is 1. The van der Waals surface area contributed by atoms with Crippen LogP contribution >= 0.6 is 0 Å². The number of nitro benzene ring substituents is 2. The molecular weight excluding hydrogens is 288 g/mol. The lowest BCUT2D eigenvalue weighted by Crippen LogP contribution is -2.26. The number of aliphatic hydroxyl groups excluding tert-OH is 1. The minimum absolute atomic E-state index is 0.245. The average molecular weight is 298 g/mol. The summed E-state index contributed by atoms with van der Waals surface area (Å²) >= 11 is 0. The fourth-order valence-electron chi connectivity index (χ4n) is 1.32. The molecule has 1 aromatic carbocycles. The Labute approximate surface area is 116 Å². The SMILES string of the molecule is CC(O)C(=NNc1ccc([N+](=O)[O-])cc1[N+](=O)[O-])C(=O)O. The first-order valence-electron chi connectivity index (χ1n) is 5.41. The van der Waals surface area contributed by atoms with Gasteiger partial charge in [-0.05, 0) is 13.0 Å². The van der Waals surface area contributed by atoms with E-state index in [1.807, 2.05) is 0 Å². The maximum Gasteiger partial charge on any atom is 0.354 e. The van der Waals surface area contributed by atoms with Crippen molar-refractivity contribution in [1.82, 2.24) is 0 Å². The molecule has 0 aliphatic rings. The molecular formula is C10H10N4O7. The van der Waals surface area contributed by atoms with E-state index >= 15 is 0 Å². The summed E-state index contributed by atoms with van der Waals surface area (Å²) in [6.45, 7) is 1.15. The Bertz CT molecular complexity index is 626. The Kier molecular flexibility index (Phi) is 4.86. The van der Waals surface area contributed by atoms with E-state index in [0.29, 0.717) is 6.07 Å². The Morgan fingerprint density at radius 3 is 2.38 bits per heavy atom. The van der Waals surface area contributed by atoms with Crippen LogP contribution in [0.5, 0.6) is 0 Å². The first-order valence-corrected chi connectivity index (χ1v) is 5.41. The molecule has 0 heterocycles. The van der Waals surface area contributed by atoms with E-state index in [1.165, 1.54) is 0 Å². The van der Waals surface area contributed by atoms with Crippen LogP contribution in [0.25, 0.3) is 0 Å². The van der Waals surface area contributed by atoms with Crippen molar-refractivity contribution in [3.05, 3.63) is 38.4 Å². The summed E-state index contributed by atoms with van der Waals surface area (Å²) in [5.41, 5.74) is 0.0519. The number of non-ortho nitro benzene ring substituents is 1. The van der Waals surface area contributed by atoms with Crippen molar-refractivity contribution < 1.29 is 24.9 Å². The third kappa shape index (κ3) is 3.94. The Hall–Kier alpha value is -3.08. The molecule has 0 saturated carbocycles. The minimum Gasteiger partial charge on any atom is -0.477 e. The lowest BCUT2D eigenvalue weighted by molar-refractivity contribution is -0.393. The van der Waals surface area contributed by atoms with Crippen molar-refractivity contribution in [2.45, 2.75) is 13.0 Å². The molecule has 112 valence electrons. The van der Waals surface area contributed by atoms with Crippen molar-refractivity contribution in [2.75, 3.05) is 5.43 Å². The molecule has 0 bridgehead atoms. The highest BCUT2D eigenvalue weighted by molar-refractivity contribution is 6.37. The molecule has 1 atom stereocenters. The number of hydrazone groups is 1. The maximum atomic E-state index is 10.8. The molecule has 0 spiro atoms. The van der Waals surface area contributed by atoms with Crippen LogP contribution in [0.2, 0.25) is 0 Å². The molecule has 21 heavy (non-hydrogen) atoms. The molecule has 0 fully saturated rings. The van der Waals surface area contributed by atoms with Crippen LogP contribution in [0.4, 0.5) is 17.1 Å². The minimum atomic E-state index is -1.51. The molecule has 0 aromatic heterocycles. The van der Waals surface area contributed by atoms with Gasteiger partial charge in [-0.2, -0.15) is 5.10 Å². The molecule has 3 N–H and O–H groups in total. The zero-order valence-electron chi connectivity index (χ0n) is 10.6. The lowest BCUT2D eigenvalue weighted by Gasteiger charge is -2.06. The number of anilines is 1. The van der Waals surface area contributed by atoms with Gasteiger partial charge in [-0.25, -0.2) is 4.79 Å². The quantitative estimate of drug-likeness (QED) is 0.392. The number of aliphatic hydroxyl groups is 1. The summed E-state index contributed by atoms with van der Waals surface area (Å²) in [6.07, 6.45) is -1.41. The number of nitro groups is 2. The first-order chi connectivity index (χ1) is 9.73. The number of hydrogen-bond donors (Lipinski definition) is 3. The van der Waals surface area contributed by atoms with Crippen molar-refractivity contribution in [3.63, 3.8) is 0 Å². The van der Waals surface area contributed by atoms with Crippen LogP contribution in [0, 0.1) is 20.2 Å². The van der Waals surface area contributed by atoms with E-state index in [2.05, 4.69) is 10.5 Å². The van der Waals surface area contributed by atoms with Gasteiger partial charge in [0, 0.05) is 6.07 Å². The number of rotatable bonds is 6. The topological polar surface area (TPSA) is 168 Å². The highest BCUT2D eigenvalue weighted by Crippen LogP contribution is 2.28. The first kappa shape index (κ1) is 16.0. The van der Waals surface area contributed by atoms with E-state index in [-0.39, 0.29) is 5.69 Å². The fourth-order valence-corrected chi connectivity index (χ4v) is 1.32. The second kappa shape index (κ2) is 6.38. The molecule has 11 nitrogen and oxygen atoms in total. The summed E-state index contributed by atoms with van der Waals surface area (Å²) in [4.78, 5) is 30.5. The van der Waals surface area contributed by atoms with Crippen LogP contribution in [-0.2, 0) is 4.79 Å². The third-order valence-electron chi connectivity index (χ3n) is 2.30. The predicted octanol–water partition coefficient (Wildman–Crippen LogP) is 0.736. The smallest absolute Gasteiger partial charge is 0.354 e. The lowest BCUT2D eigenvalue weighted by atomic mass is 10.2. The number of carboxylic acids is 1. The van der Waals surface area contributed by atoms with Crippen LogP contribution in [0.15, 0.2) is 23.3 Å². The monoisotopic (exact) mass is 298 g/mol. The molecule has 1 aromatic rings. The molecule has 1 unspecified atom stereocenters. The highest BCUT2D eigenvalue weighted by atomic mass is 16.6. The summed E-state index contributed by atoms with van der Waals surface area (Å²) in [7, 11) is 0. The van der Waals surface area contributed by atoms with Crippen molar-refractivity contribution in [2.24, 2.45) is 5.10 Å². The molecule has 1 rings (SSSR count). The van der Waals surface area contributed by atoms with E-state index in [9.17, 15) is 30.1 Å². The standard InChI is InChI=1S/C10H10N4O7/c1-5(15)9(10(16)17)12-11-7-3-2-6(13(18)19)4-8(7)14(20)21/h2-5,11,15H,1H3,(H,16,17). The predicted molar refractivity (Wildman–Crippen MR) is 70.1 cm³/mol. The summed E-state index contributed by atoms with van der Waals surface area (Å²) in [5.74, 6) is -1.51. The fraction of sp³-hybridized carbons (Fsp3) is 0.200. The van der Waals surface area contributed by atoms with Gasteiger partial charge in [-0.1, -0.05) is 0 Å². The third-order valence-corrected chi connectivity index (χ3v) is 2.30. The van der Waals surface area contributed by atoms with Gasteiger partial charge in [0.25, 0.3) is 5.69 Å². The van der Waals surface area contributed by atoms with Gasteiger partial charge < -0.3 is 10.2 Å². The van der Waals surface area contributed by atoms with Gasteiger partial charge in [-0.15, -0.1) is 0 Å². The maximum absolute atomic E-state index is 10.8. The average Bonchev–Trinajstić information content (AvgIpc) is 2.37. The number of carbonyl (C=O) groups is 1. The second-order valence-electron chi connectivity index (χ2n) is 3.81. The van der Waals surface area contributed by atoms with Crippen LogP contribution in [-0.4, -0.2) is 37.8 Å². The van der Waals surface area contributed by atoms with Crippen molar-refractivity contribution in [1.29, 1.82) is 0 Å². The highest BCUT2D eigenvalue weighted by Gasteiger charge is 2.21. The Morgan fingerprint density at radius 1 is 1.33 bits per heavy atom. The van der Waals surface area contributed by atoms with E-state index in [0.717, 1.165) is 19.1 Å². The van der Waals surface area contributed by atoms with Crippen LogP contribution < -0.4 is 5.43 Å². The molecule has 0 aliphatic carbocycles. The zero-order valence-corrected chi connectivity index (χ0v) is 10.6. The van der Waals surface area contributed by atoms with Gasteiger partial charge in [0.15, 0.2) is 5.71 Å². The Balaban J connectivity index is 3.19. The Morgan fingerprint density at radius 2 is 1.95 bits per heavy atom. The summed E-state index contributed by atoms with van der Waals surface area (Å²) in [6, 6.07) is 2.72. The second-order valence-corrected chi connectivity index (χ2v) is 3.81. The number of carboxylic acid groups (broad SMARTS) is 1. The number of nitrogens with zero attached hydrogens (tertiary/aromatic N) is 3. The van der Waals surface area contributed by atoms with Gasteiger partial charge in [0.2, 0.25) is 0 Å². The number of benzene rings is 1. The zero-order chi connectivity index (χ0) is 16.2. The van der Waals surface area contributed by atoms with Crippen LogP contribution in [0.3, 0.4) is 0 Å². The largest absolute Gasteiger partial charge is 0.477 e. The van der Waals surface area contributed by atoms with Gasteiger partial charge in [0.1, 0.15) is 11.8 Å². The summed E-state index contributed by atoms with van der Waals surface area (Å²) in [5, 5.41) is 42.7. The van der Waals surface area contributed by atoms with Gasteiger partial charge in [0.05, 0.1) is 15.9 Å². The van der Waals surface area contributed by atoms with Crippen molar-refractivity contribution in [3.8, 4) is 0 Å². The molecule has 0 aliphatic heterocycles. The van der Waals surface area contributed by atoms with Gasteiger partial charge >= 0.3 is 11.7 Å². The van der Waals surface area contributed by atoms with E-state index in [4.69, 9.17) is 5.11 Å². The molecule has 0 saturated heterocycles. The number of aliphatic carboxylic acids is 1. The van der Waals surface area contributed by atoms with E-state index in [1.54, 1.807) is 0 Å². The van der Waals surface area contributed by atoms with Gasteiger partial charge in [-0.3, -0.25) is 25.7 Å². The number of hydrogen-bond acceptors (Lipinski definition) is 8. The van der Waals surface area contributed by atoms with E-state index < -0.39 is 39.0 Å². The molecule has 0 radical (unpaired) electrons. The molecule has 11 heteroatoms. The summed E-state index contributed by atoms with van der Waals surface area (Å²) < 4.78 is 0.